The second-order valence-corrected chi connectivity index (χ2v) is 9.86. The van der Waals surface area contributed by atoms with Crippen LogP contribution in [0, 0.1) is 11.8 Å². The fourth-order valence-corrected chi connectivity index (χ4v) is 5.16. The van der Waals surface area contributed by atoms with Crippen LogP contribution in [0.25, 0.3) is 11.0 Å². The number of hydrogen-bond donors (Lipinski definition) is 1. The quantitative estimate of drug-likeness (QED) is 0.385. The van der Waals surface area contributed by atoms with E-state index in [4.69, 9.17) is 15.2 Å². The van der Waals surface area contributed by atoms with Gasteiger partial charge in [0.25, 0.3) is 0 Å². The van der Waals surface area contributed by atoms with Crippen molar-refractivity contribution in [1.29, 1.82) is 0 Å². The molecule has 9 nitrogen and oxygen atoms in total. The molecule has 0 radical (unpaired) electrons. The molecule has 10 heteroatoms. The lowest BCUT2D eigenvalue weighted by molar-refractivity contribution is -0.125. The van der Waals surface area contributed by atoms with Gasteiger partial charge in [0.2, 0.25) is 5.91 Å². The highest BCUT2D eigenvalue weighted by Crippen LogP contribution is 2.31. The minimum Gasteiger partial charge on any atom is -0.497 e. The fraction of sp³-hybridized carbons (Fsp3) is 0.414. The van der Waals surface area contributed by atoms with Crippen molar-refractivity contribution in [2.24, 2.45) is 0 Å². The van der Waals surface area contributed by atoms with Gasteiger partial charge in [0.1, 0.15) is 35.5 Å². The van der Waals surface area contributed by atoms with Crippen molar-refractivity contribution in [1.82, 2.24) is 24.3 Å². The zero-order chi connectivity index (χ0) is 27.4. The Bertz CT molecular complexity index is 1410. The van der Waals surface area contributed by atoms with Crippen LogP contribution < -0.4 is 15.2 Å². The summed E-state index contributed by atoms with van der Waals surface area (Å²) in [4.78, 5) is 25.6. The number of piperidine rings is 1. The third-order valence-electron chi connectivity index (χ3n) is 7.34. The van der Waals surface area contributed by atoms with Gasteiger partial charge >= 0.3 is 0 Å². The summed E-state index contributed by atoms with van der Waals surface area (Å²) in [5, 5.41) is 0.696. The largest absolute Gasteiger partial charge is 0.497 e. The molecule has 39 heavy (non-hydrogen) atoms. The lowest BCUT2D eigenvalue weighted by Gasteiger charge is -2.27. The van der Waals surface area contributed by atoms with Gasteiger partial charge in [-0.1, -0.05) is 17.9 Å². The van der Waals surface area contributed by atoms with Crippen molar-refractivity contribution in [3.63, 3.8) is 0 Å². The Morgan fingerprint density at radius 2 is 1.85 bits per heavy atom. The molecule has 2 saturated heterocycles. The van der Waals surface area contributed by atoms with Crippen LogP contribution >= 0.6 is 0 Å². The number of benzene rings is 1. The minimum atomic E-state index is -0.698. The van der Waals surface area contributed by atoms with Crippen LogP contribution in [-0.2, 0) is 4.79 Å². The molecule has 2 aliphatic rings. The lowest BCUT2D eigenvalue weighted by atomic mass is 10.1. The van der Waals surface area contributed by atoms with Crippen molar-refractivity contribution < 1.29 is 18.7 Å². The topological polar surface area (TPSA) is 98.7 Å². The average molecular weight is 533 g/mol. The number of nitrogen functional groups attached to an aromatic ring is 1. The van der Waals surface area contributed by atoms with E-state index in [0.717, 1.165) is 25.1 Å². The van der Waals surface area contributed by atoms with Crippen LogP contribution in [0.1, 0.15) is 36.4 Å². The number of aromatic nitrogens is 3. The first-order valence-corrected chi connectivity index (χ1v) is 13.1. The van der Waals surface area contributed by atoms with E-state index in [1.807, 2.05) is 29.3 Å². The van der Waals surface area contributed by atoms with E-state index in [9.17, 15) is 9.18 Å². The van der Waals surface area contributed by atoms with Gasteiger partial charge in [-0.05, 0) is 31.4 Å². The number of rotatable bonds is 6. The molecular formula is C29H33FN6O3. The molecule has 0 aliphatic carbocycles. The predicted molar refractivity (Wildman–Crippen MR) is 147 cm³/mol. The molecule has 2 N–H and O–H groups in total. The summed E-state index contributed by atoms with van der Waals surface area (Å²) in [5.41, 5.74) is 8.41. The third-order valence-corrected chi connectivity index (χ3v) is 7.34. The number of carbonyl (C=O) groups is 1. The Kier molecular flexibility index (Phi) is 7.98. The number of carbonyl (C=O) groups excluding carboxylic acids is 1. The Morgan fingerprint density at radius 1 is 1.10 bits per heavy atom. The number of halogens is 1. The molecule has 3 aromatic rings. The van der Waals surface area contributed by atoms with Crippen molar-refractivity contribution in [2.75, 3.05) is 52.7 Å². The summed E-state index contributed by atoms with van der Waals surface area (Å²) in [6.45, 7) is 3.33. The highest BCUT2D eigenvalue weighted by Gasteiger charge is 2.28. The van der Waals surface area contributed by atoms with Crippen molar-refractivity contribution in [3.05, 3.63) is 54.0 Å². The van der Waals surface area contributed by atoms with Gasteiger partial charge in [0.05, 0.1) is 31.2 Å². The summed E-state index contributed by atoms with van der Waals surface area (Å²) in [6.07, 6.45) is 8.13. The number of methoxy groups -OCH3 is 2. The number of anilines is 1. The molecule has 0 bridgehead atoms. The second-order valence-electron chi connectivity index (χ2n) is 9.86. The first kappa shape index (κ1) is 26.5. The maximum absolute atomic E-state index is 13.3. The van der Waals surface area contributed by atoms with E-state index in [2.05, 4.69) is 31.3 Å². The van der Waals surface area contributed by atoms with Gasteiger partial charge in [0.15, 0.2) is 0 Å². The van der Waals surface area contributed by atoms with Gasteiger partial charge in [-0.3, -0.25) is 9.69 Å². The van der Waals surface area contributed by atoms with E-state index >= 15 is 0 Å². The van der Waals surface area contributed by atoms with E-state index in [-0.39, 0.29) is 11.9 Å². The molecule has 1 aromatic carbocycles. The molecule has 1 atom stereocenters. The number of nitrogens with two attached hydrogens (primary N) is 1. The second kappa shape index (κ2) is 11.7. The molecule has 204 valence electrons. The molecule has 2 aromatic heterocycles. The number of fused-ring (bicyclic) bond motifs is 1. The summed E-state index contributed by atoms with van der Waals surface area (Å²) < 4.78 is 26.1. The molecule has 1 amide bonds. The maximum Gasteiger partial charge on any atom is 0.246 e. The van der Waals surface area contributed by atoms with Crippen LogP contribution in [0.5, 0.6) is 11.5 Å². The number of ether oxygens (including phenoxy) is 2. The normalized spacial score (nSPS) is 18.4. The highest BCUT2D eigenvalue weighted by molar-refractivity contribution is 5.92. The molecular weight excluding hydrogens is 499 g/mol. The smallest absolute Gasteiger partial charge is 0.246 e. The first-order chi connectivity index (χ1) is 18.9. The van der Waals surface area contributed by atoms with Crippen LogP contribution in [-0.4, -0.2) is 83.4 Å². The number of amides is 1. The zero-order valence-corrected chi connectivity index (χ0v) is 22.3. The predicted octanol–water partition coefficient (Wildman–Crippen LogP) is 3.19. The molecule has 4 heterocycles. The SMILES string of the molecule is COc1cc(C#Cc2cn([C@H]3CCN(C(=O)C=CCN4CCC(F)CC4)C3)c3ncnc(N)c23)cc(OC)c1. The van der Waals surface area contributed by atoms with Crippen LogP contribution in [0.4, 0.5) is 10.2 Å². The Labute approximate surface area is 227 Å². The van der Waals surface area contributed by atoms with E-state index in [1.54, 1.807) is 26.4 Å². The van der Waals surface area contributed by atoms with Crippen molar-refractivity contribution in [2.45, 2.75) is 31.5 Å². The van der Waals surface area contributed by atoms with Gasteiger partial charge in [-0.15, -0.1) is 0 Å². The molecule has 2 aliphatic heterocycles. The zero-order valence-electron chi connectivity index (χ0n) is 22.3. The lowest BCUT2D eigenvalue weighted by Crippen LogP contribution is -2.34. The fourth-order valence-electron chi connectivity index (χ4n) is 5.16. The van der Waals surface area contributed by atoms with Gasteiger partial charge < -0.3 is 24.7 Å². The Hall–Kier alpha value is -4.10. The van der Waals surface area contributed by atoms with Gasteiger partial charge in [0, 0.05) is 56.6 Å². The standard InChI is InChI=1S/C29H33FN6O3/c1-38-24-14-20(15-25(16-24)39-2)5-6-21-17-36(29-27(21)28(31)32-19-33-29)23-9-13-35(18-23)26(37)4-3-10-34-11-7-22(30)8-12-34/h3-4,14-17,19,22-23H,7-13,18H2,1-2H3,(H2,31,32,33)/t23-/m0/s1. The number of alkyl halides is 1. The number of nitrogens with zero attached hydrogens (tertiary/aromatic N) is 5. The highest BCUT2D eigenvalue weighted by atomic mass is 19.1. The maximum atomic E-state index is 13.3. The molecule has 0 saturated carbocycles. The van der Waals surface area contributed by atoms with E-state index in [0.29, 0.717) is 66.4 Å². The Morgan fingerprint density at radius 3 is 2.56 bits per heavy atom. The minimum absolute atomic E-state index is 0.0181. The number of likely N-dealkylation sites (tertiary alicyclic amines) is 2. The molecule has 2 fully saturated rings. The van der Waals surface area contributed by atoms with Gasteiger partial charge in [-0.25, -0.2) is 14.4 Å². The summed E-state index contributed by atoms with van der Waals surface area (Å²) in [5.74, 6) is 8.05. The molecule has 5 rings (SSSR count). The van der Waals surface area contributed by atoms with Crippen LogP contribution in [0.3, 0.4) is 0 Å². The van der Waals surface area contributed by atoms with Crippen molar-refractivity contribution in [3.8, 4) is 23.3 Å². The van der Waals surface area contributed by atoms with Crippen LogP contribution in [0.2, 0.25) is 0 Å². The van der Waals surface area contributed by atoms with E-state index in [1.165, 1.54) is 6.33 Å². The van der Waals surface area contributed by atoms with Crippen molar-refractivity contribution >= 4 is 22.8 Å². The van der Waals surface area contributed by atoms with E-state index < -0.39 is 6.17 Å². The molecule has 0 spiro atoms. The summed E-state index contributed by atoms with van der Waals surface area (Å²) >= 11 is 0. The average Bonchev–Trinajstić information content (AvgIpc) is 3.59. The third kappa shape index (κ3) is 5.99. The Balaban J connectivity index is 1.33. The molecule has 0 unspecified atom stereocenters. The summed E-state index contributed by atoms with van der Waals surface area (Å²) in [6, 6.07) is 5.51. The number of hydrogen-bond acceptors (Lipinski definition) is 7. The van der Waals surface area contributed by atoms with Gasteiger partial charge in [-0.2, -0.15) is 0 Å². The summed E-state index contributed by atoms with van der Waals surface area (Å²) in [7, 11) is 3.19. The first-order valence-electron chi connectivity index (χ1n) is 13.1. The monoisotopic (exact) mass is 532 g/mol. The van der Waals surface area contributed by atoms with Crippen LogP contribution in [0.15, 0.2) is 42.9 Å².